The highest BCUT2D eigenvalue weighted by molar-refractivity contribution is 6.30. The van der Waals surface area contributed by atoms with Crippen LogP contribution in [0.1, 0.15) is 29.5 Å². The molecule has 2 heterocycles. The summed E-state index contributed by atoms with van der Waals surface area (Å²) in [5.74, 6) is -0.242. The van der Waals surface area contributed by atoms with Crippen LogP contribution in [0.2, 0.25) is 5.02 Å². The van der Waals surface area contributed by atoms with Gasteiger partial charge in [0.25, 0.3) is 5.91 Å². The van der Waals surface area contributed by atoms with Crippen LogP contribution in [0.15, 0.2) is 18.3 Å². The lowest BCUT2D eigenvalue weighted by Gasteiger charge is -2.14. The number of hydrogen-bond donors (Lipinski definition) is 2. The Hall–Kier alpha value is -1.59. The van der Waals surface area contributed by atoms with Gasteiger partial charge in [0.2, 0.25) is 0 Å². The van der Waals surface area contributed by atoms with Crippen molar-refractivity contribution in [3.63, 3.8) is 0 Å². The number of amides is 1. The predicted octanol–water partition coefficient (Wildman–Crippen LogP) is 1.80. The molecular weight excluding hydrogens is 266 g/mol. The molecular formula is C13H16ClN3O2. The molecule has 102 valence electrons. The summed E-state index contributed by atoms with van der Waals surface area (Å²) in [6, 6.07) is 3.16. The number of carbonyl (C=O) groups is 1. The average Bonchev–Trinajstić information content (AvgIpc) is 2.70. The first-order chi connectivity index (χ1) is 9.06. The molecule has 5 nitrogen and oxygen atoms in total. The SMILES string of the molecule is CCC(CO)NC(=O)c1c(C)nc2cc(Cl)ccn12. The Morgan fingerprint density at radius 3 is 3.00 bits per heavy atom. The fourth-order valence-corrected chi connectivity index (χ4v) is 2.10. The molecule has 0 aliphatic rings. The summed E-state index contributed by atoms with van der Waals surface area (Å²) in [7, 11) is 0. The zero-order chi connectivity index (χ0) is 14.0. The standard InChI is InChI=1S/C13H16ClN3O2/c1-3-10(7-18)16-13(19)12-8(2)15-11-6-9(14)4-5-17(11)12/h4-6,10,18H,3,7H2,1-2H3,(H,16,19). The molecule has 2 aromatic heterocycles. The van der Waals surface area contributed by atoms with Crippen molar-refractivity contribution in [2.45, 2.75) is 26.3 Å². The van der Waals surface area contributed by atoms with Crippen LogP contribution in [0.5, 0.6) is 0 Å². The van der Waals surface area contributed by atoms with E-state index in [1.807, 2.05) is 6.92 Å². The third kappa shape index (κ3) is 2.72. The first kappa shape index (κ1) is 13.8. The molecule has 1 atom stereocenters. The summed E-state index contributed by atoms with van der Waals surface area (Å²) < 4.78 is 1.70. The number of aliphatic hydroxyl groups excluding tert-OH is 1. The van der Waals surface area contributed by atoms with E-state index in [2.05, 4.69) is 10.3 Å². The molecule has 0 saturated heterocycles. The van der Waals surface area contributed by atoms with Crippen molar-refractivity contribution < 1.29 is 9.90 Å². The molecule has 0 radical (unpaired) electrons. The van der Waals surface area contributed by atoms with Crippen molar-refractivity contribution in [1.82, 2.24) is 14.7 Å². The molecule has 1 unspecified atom stereocenters. The van der Waals surface area contributed by atoms with Gasteiger partial charge in [-0.3, -0.25) is 9.20 Å². The van der Waals surface area contributed by atoms with Gasteiger partial charge in [0, 0.05) is 17.3 Å². The van der Waals surface area contributed by atoms with Crippen molar-refractivity contribution in [3.05, 3.63) is 34.7 Å². The van der Waals surface area contributed by atoms with Gasteiger partial charge in [-0.1, -0.05) is 18.5 Å². The van der Waals surface area contributed by atoms with Gasteiger partial charge >= 0.3 is 0 Å². The number of aromatic nitrogens is 2. The molecule has 0 fully saturated rings. The van der Waals surface area contributed by atoms with Gasteiger partial charge in [-0.05, 0) is 19.4 Å². The maximum absolute atomic E-state index is 12.2. The predicted molar refractivity (Wildman–Crippen MR) is 73.6 cm³/mol. The number of aliphatic hydroxyl groups is 1. The normalized spacial score (nSPS) is 12.6. The van der Waals surface area contributed by atoms with Crippen LogP contribution in [0.3, 0.4) is 0 Å². The number of aryl methyl sites for hydroxylation is 1. The van der Waals surface area contributed by atoms with Gasteiger partial charge < -0.3 is 10.4 Å². The highest BCUT2D eigenvalue weighted by Crippen LogP contribution is 2.16. The van der Waals surface area contributed by atoms with E-state index in [9.17, 15) is 4.79 Å². The van der Waals surface area contributed by atoms with Gasteiger partial charge in [0.05, 0.1) is 18.3 Å². The summed E-state index contributed by atoms with van der Waals surface area (Å²) >= 11 is 5.90. The minimum Gasteiger partial charge on any atom is -0.394 e. The van der Waals surface area contributed by atoms with Gasteiger partial charge in [0.15, 0.2) is 0 Å². The van der Waals surface area contributed by atoms with Gasteiger partial charge in [-0.15, -0.1) is 0 Å². The fourth-order valence-electron chi connectivity index (χ4n) is 1.94. The maximum atomic E-state index is 12.2. The Kier molecular flexibility index (Phi) is 4.07. The second-order valence-electron chi connectivity index (χ2n) is 4.38. The van der Waals surface area contributed by atoms with E-state index in [0.29, 0.717) is 28.5 Å². The van der Waals surface area contributed by atoms with Crippen LogP contribution in [-0.2, 0) is 0 Å². The van der Waals surface area contributed by atoms with Gasteiger partial charge in [0.1, 0.15) is 11.3 Å². The molecule has 0 aliphatic carbocycles. The van der Waals surface area contributed by atoms with E-state index < -0.39 is 0 Å². The number of rotatable bonds is 4. The van der Waals surface area contributed by atoms with Crippen LogP contribution in [0.25, 0.3) is 5.65 Å². The zero-order valence-electron chi connectivity index (χ0n) is 10.9. The summed E-state index contributed by atoms with van der Waals surface area (Å²) in [6.45, 7) is 3.60. The van der Waals surface area contributed by atoms with E-state index in [0.717, 1.165) is 0 Å². The Bertz CT molecular complexity index is 605. The lowest BCUT2D eigenvalue weighted by atomic mass is 10.2. The highest BCUT2D eigenvalue weighted by atomic mass is 35.5. The lowest BCUT2D eigenvalue weighted by molar-refractivity contribution is 0.0908. The van der Waals surface area contributed by atoms with E-state index in [-0.39, 0.29) is 18.6 Å². The smallest absolute Gasteiger partial charge is 0.270 e. The number of fused-ring (bicyclic) bond motifs is 1. The molecule has 2 N–H and O–H groups in total. The fraction of sp³-hybridized carbons (Fsp3) is 0.385. The minimum atomic E-state index is -0.246. The topological polar surface area (TPSA) is 66.6 Å². The minimum absolute atomic E-state index is 0.0795. The molecule has 2 aromatic rings. The zero-order valence-corrected chi connectivity index (χ0v) is 11.6. The quantitative estimate of drug-likeness (QED) is 0.898. The molecule has 1 amide bonds. The lowest BCUT2D eigenvalue weighted by Crippen LogP contribution is -2.37. The van der Waals surface area contributed by atoms with Crippen molar-refractivity contribution in [1.29, 1.82) is 0 Å². The number of carbonyl (C=O) groups excluding carboxylic acids is 1. The summed E-state index contributed by atoms with van der Waals surface area (Å²) in [6.07, 6.45) is 2.39. The highest BCUT2D eigenvalue weighted by Gasteiger charge is 2.18. The number of halogens is 1. The van der Waals surface area contributed by atoms with Crippen LogP contribution < -0.4 is 5.32 Å². The van der Waals surface area contributed by atoms with Crippen LogP contribution in [0, 0.1) is 6.92 Å². The third-order valence-corrected chi connectivity index (χ3v) is 3.26. The number of imidazole rings is 1. The van der Waals surface area contributed by atoms with E-state index in [4.69, 9.17) is 16.7 Å². The molecule has 19 heavy (non-hydrogen) atoms. The van der Waals surface area contributed by atoms with Gasteiger partial charge in [-0.25, -0.2) is 4.98 Å². The Balaban J connectivity index is 2.39. The van der Waals surface area contributed by atoms with Crippen molar-refractivity contribution in [2.75, 3.05) is 6.61 Å². The summed E-state index contributed by atoms with van der Waals surface area (Å²) in [4.78, 5) is 16.5. The molecule has 0 saturated carbocycles. The van der Waals surface area contributed by atoms with Crippen LogP contribution in [-0.4, -0.2) is 33.0 Å². The number of pyridine rings is 1. The van der Waals surface area contributed by atoms with E-state index >= 15 is 0 Å². The van der Waals surface area contributed by atoms with Crippen molar-refractivity contribution in [2.24, 2.45) is 0 Å². The molecule has 0 bridgehead atoms. The van der Waals surface area contributed by atoms with Crippen molar-refractivity contribution in [3.8, 4) is 0 Å². The van der Waals surface area contributed by atoms with E-state index in [1.165, 1.54) is 0 Å². The number of hydrogen-bond acceptors (Lipinski definition) is 3. The first-order valence-corrected chi connectivity index (χ1v) is 6.50. The second kappa shape index (κ2) is 5.59. The summed E-state index contributed by atoms with van der Waals surface area (Å²) in [5.41, 5.74) is 1.73. The van der Waals surface area contributed by atoms with Crippen molar-refractivity contribution >= 4 is 23.2 Å². The maximum Gasteiger partial charge on any atom is 0.270 e. The molecule has 0 spiro atoms. The Morgan fingerprint density at radius 1 is 1.63 bits per heavy atom. The molecule has 0 aromatic carbocycles. The molecule has 6 heteroatoms. The van der Waals surface area contributed by atoms with Gasteiger partial charge in [-0.2, -0.15) is 0 Å². The second-order valence-corrected chi connectivity index (χ2v) is 4.82. The number of nitrogens with one attached hydrogen (secondary N) is 1. The average molecular weight is 282 g/mol. The largest absolute Gasteiger partial charge is 0.394 e. The van der Waals surface area contributed by atoms with Crippen LogP contribution >= 0.6 is 11.6 Å². The first-order valence-electron chi connectivity index (χ1n) is 6.12. The Morgan fingerprint density at radius 2 is 2.37 bits per heavy atom. The number of nitrogens with zero attached hydrogens (tertiary/aromatic N) is 2. The van der Waals surface area contributed by atoms with E-state index in [1.54, 1.807) is 29.7 Å². The Labute approximate surface area is 116 Å². The molecule has 2 rings (SSSR count). The summed E-state index contributed by atoms with van der Waals surface area (Å²) in [5, 5.41) is 12.5. The van der Waals surface area contributed by atoms with Crippen LogP contribution in [0.4, 0.5) is 0 Å². The third-order valence-electron chi connectivity index (χ3n) is 3.03. The monoisotopic (exact) mass is 281 g/mol. The molecule has 0 aliphatic heterocycles.